The lowest BCUT2D eigenvalue weighted by Crippen LogP contribution is -2.56. The van der Waals surface area contributed by atoms with Crippen molar-refractivity contribution in [2.24, 2.45) is 15.5 Å². The van der Waals surface area contributed by atoms with E-state index in [1.165, 1.54) is 0 Å². The average Bonchev–Trinajstić information content (AvgIpc) is 2.85. The second-order valence-electron chi connectivity index (χ2n) is 3.98. The topological polar surface area (TPSA) is 66.2 Å². The third kappa shape index (κ3) is 3.00. The number of nitrogens with one attached hydrogen (secondary N) is 1. The van der Waals surface area contributed by atoms with Gasteiger partial charge in [-0.25, -0.2) is 4.79 Å². The molecule has 0 fully saturated rings. The van der Waals surface area contributed by atoms with Crippen LogP contribution in [0.15, 0.2) is 45.9 Å². The highest BCUT2D eigenvalue weighted by molar-refractivity contribution is 9.40. The van der Waals surface area contributed by atoms with Gasteiger partial charge >= 0.3 is 6.03 Å². The Bertz CT molecular complexity index is 569. The Kier molecular flexibility index (Phi) is 4.73. The first kappa shape index (κ1) is 15.7. The van der Waals surface area contributed by atoms with Crippen molar-refractivity contribution < 1.29 is 9.39 Å². The lowest BCUT2D eigenvalue weighted by atomic mass is 10.3. The van der Waals surface area contributed by atoms with Gasteiger partial charge in [-0.15, -0.1) is 0 Å². The zero-order valence-electron chi connectivity index (χ0n) is 10.4. The van der Waals surface area contributed by atoms with Crippen molar-refractivity contribution in [1.82, 2.24) is 0 Å². The van der Waals surface area contributed by atoms with Gasteiger partial charge in [0.25, 0.3) is 5.84 Å². The van der Waals surface area contributed by atoms with Crippen LogP contribution in [-0.2, 0) is 0 Å². The fourth-order valence-corrected chi connectivity index (χ4v) is 2.86. The molecule has 2 rings (SSSR count). The van der Waals surface area contributed by atoms with E-state index in [9.17, 15) is 4.79 Å². The summed E-state index contributed by atoms with van der Waals surface area (Å²) >= 11 is 10.1. The molecule has 6 nitrogen and oxygen atoms in total. The first-order valence-electron chi connectivity index (χ1n) is 5.73. The Balaban J connectivity index is 2.30. The molecule has 1 aliphatic heterocycles. The Labute approximate surface area is 141 Å². The van der Waals surface area contributed by atoms with E-state index < -0.39 is 2.14 Å². The molecule has 1 heterocycles. The molecule has 2 amide bonds. The van der Waals surface area contributed by atoms with Crippen LogP contribution in [0.25, 0.3) is 0 Å². The quantitative estimate of drug-likeness (QED) is 0.500. The number of amides is 2. The molecule has 1 aromatic carbocycles. The molecule has 1 N–H and O–H groups in total. The minimum atomic E-state index is -0.847. The molecule has 0 radical (unpaired) electrons. The largest absolute Gasteiger partial charge is 0.455 e. The molecule has 0 saturated carbocycles. The summed E-state index contributed by atoms with van der Waals surface area (Å²) in [5.41, 5.74) is 0.689. The van der Waals surface area contributed by atoms with Gasteiger partial charge < -0.3 is 0 Å². The Morgan fingerprint density at radius 3 is 2.50 bits per heavy atom. The highest BCUT2D eigenvalue weighted by Crippen LogP contribution is 2.41. The van der Waals surface area contributed by atoms with Crippen molar-refractivity contribution in [2.45, 2.75) is 9.07 Å². The zero-order valence-corrected chi connectivity index (χ0v) is 15.2. The molecular weight excluding hydrogens is 458 g/mol. The first-order chi connectivity index (χ1) is 9.40. The lowest BCUT2D eigenvalue weighted by molar-refractivity contribution is -0.762. The Morgan fingerprint density at radius 2 is 1.95 bits per heavy atom. The number of hydrogen-bond donors (Lipinski definition) is 1. The molecule has 0 saturated heterocycles. The number of alkyl halides is 3. The van der Waals surface area contributed by atoms with Crippen molar-refractivity contribution in [3.05, 3.63) is 30.3 Å². The van der Waals surface area contributed by atoms with Crippen LogP contribution < -0.4 is 5.32 Å². The minimum absolute atomic E-state index is 0.332. The number of benzene rings is 1. The van der Waals surface area contributed by atoms with Gasteiger partial charge in [0.1, 0.15) is 6.54 Å². The minimum Gasteiger partial charge on any atom is -0.273 e. The van der Waals surface area contributed by atoms with E-state index in [-0.39, 0.29) is 10.6 Å². The molecule has 20 heavy (non-hydrogen) atoms. The van der Waals surface area contributed by atoms with Gasteiger partial charge in [0, 0.05) is 10.9 Å². The van der Waals surface area contributed by atoms with Crippen molar-refractivity contribution in [3.8, 4) is 0 Å². The standard InChI is InChI=1S/C11H10Br3N5O/c1-2-19(9(11(12,13)14)16-17-18-19)10(20)15-8-6-4-3-5-7-8/h3-7H,2H2,1H3/p+1. The van der Waals surface area contributed by atoms with Crippen molar-refractivity contribution in [3.63, 3.8) is 0 Å². The fourth-order valence-electron chi connectivity index (χ4n) is 1.74. The van der Waals surface area contributed by atoms with Gasteiger partial charge in [0.05, 0.1) is 5.22 Å². The summed E-state index contributed by atoms with van der Waals surface area (Å²) < 4.78 is -1.21. The molecule has 1 aliphatic rings. The molecule has 1 atom stereocenters. The molecular formula is C11H11Br3N5O+. The van der Waals surface area contributed by atoms with Gasteiger partial charge in [0.15, 0.2) is 0 Å². The second kappa shape index (κ2) is 6.00. The van der Waals surface area contributed by atoms with E-state index in [0.717, 1.165) is 0 Å². The highest BCUT2D eigenvalue weighted by Gasteiger charge is 2.54. The predicted octanol–water partition coefficient (Wildman–Crippen LogP) is 4.59. The van der Waals surface area contributed by atoms with Crippen LogP contribution in [0.2, 0.25) is 0 Å². The van der Waals surface area contributed by atoms with Crippen LogP contribution in [0.1, 0.15) is 6.92 Å². The maximum Gasteiger partial charge on any atom is 0.455 e. The summed E-state index contributed by atoms with van der Waals surface area (Å²) in [4.78, 5) is 12.6. The van der Waals surface area contributed by atoms with Gasteiger partial charge in [-0.1, -0.05) is 23.3 Å². The number of halogens is 3. The molecule has 1 aromatic rings. The van der Waals surface area contributed by atoms with E-state index in [2.05, 4.69) is 68.7 Å². The number of urea groups is 1. The number of carbonyl (C=O) groups excluding carboxylic acids is 1. The maximum absolute atomic E-state index is 12.6. The van der Waals surface area contributed by atoms with Crippen LogP contribution in [-0.4, -0.2) is 25.1 Å². The number of quaternary nitrogens is 1. The van der Waals surface area contributed by atoms with E-state index in [1.807, 2.05) is 25.1 Å². The Morgan fingerprint density at radius 1 is 1.30 bits per heavy atom. The van der Waals surface area contributed by atoms with E-state index in [4.69, 9.17) is 0 Å². The molecule has 0 aromatic heterocycles. The van der Waals surface area contributed by atoms with Crippen molar-refractivity contribution in [1.29, 1.82) is 0 Å². The first-order valence-corrected chi connectivity index (χ1v) is 8.10. The van der Waals surface area contributed by atoms with Crippen LogP contribution in [0.4, 0.5) is 10.5 Å². The predicted molar refractivity (Wildman–Crippen MR) is 88.1 cm³/mol. The molecule has 0 bridgehead atoms. The summed E-state index contributed by atoms with van der Waals surface area (Å²) in [6, 6.07) is 8.84. The summed E-state index contributed by atoms with van der Waals surface area (Å²) in [7, 11) is 0. The van der Waals surface area contributed by atoms with Gasteiger partial charge in [-0.3, -0.25) is 5.32 Å². The van der Waals surface area contributed by atoms with Crippen LogP contribution in [0.3, 0.4) is 0 Å². The lowest BCUT2D eigenvalue weighted by Gasteiger charge is -2.26. The molecule has 1 unspecified atom stereocenters. The summed E-state index contributed by atoms with van der Waals surface area (Å²) in [5, 5.41) is 14.4. The number of anilines is 1. The third-order valence-electron chi connectivity index (χ3n) is 2.75. The third-order valence-corrected chi connectivity index (χ3v) is 3.82. The SMILES string of the molecule is CC[N+]1(C(=O)Nc2ccccc2)N=NN=C1C(Br)(Br)Br. The maximum atomic E-state index is 12.6. The smallest absolute Gasteiger partial charge is 0.273 e. The molecule has 106 valence electrons. The summed E-state index contributed by atoms with van der Waals surface area (Å²) in [6.45, 7) is 2.22. The number of hydrogen-bond acceptors (Lipinski definition) is 4. The molecule has 0 spiro atoms. The second-order valence-corrected chi connectivity index (χ2v) is 10.7. The van der Waals surface area contributed by atoms with Crippen molar-refractivity contribution in [2.75, 3.05) is 11.9 Å². The van der Waals surface area contributed by atoms with Gasteiger partial charge in [-0.2, -0.15) is 0 Å². The van der Waals surface area contributed by atoms with Crippen molar-refractivity contribution >= 4 is 65.3 Å². The van der Waals surface area contributed by atoms with Gasteiger partial charge in [0.2, 0.25) is 2.14 Å². The van der Waals surface area contributed by atoms with Crippen LogP contribution >= 0.6 is 47.8 Å². The average molecular weight is 469 g/mol. The fraction of sp³-hybridized carbons (Fsp3) is 0.273. The molecule has 0 aliphatic carbocycles. The number of amidine groups is 1. The van der Waals surface area contributed by atoms with E-state index in [0.29, 0.717) is 18.1 Å². The highest BCUT2D eigenvalue weighted by atomic mass is 80.0. The number of carbonyl (C=O) groups is 1. The summed E-state index contributed by atoms with van der Waals surface area (Å²) in [6.07, 6.45) is 0. The van der Waals surface area contributed by atoms with E-state index >= 15 is 0 Å². The zero-order chi connectivity index (χ0) is 14.8. The number of nitrogens with zero attached hydrogens (tertiary/aromatic N) is 4. The number of rotatable bonds is 2. The van der Waals surface area contributed by atoms with E-state index in [1.54, 1.807) is 12.1 Å². The monoisotopic (exact) mass is 466 g/mol. The van der Waals surface area contributed by atoms with Crippen LogP contribution in [0.5, 0.6) is 0 Å². The number of para-hydroxylation sites is 1. The molecule has 9 heteroatoms. The Hall–Kier alpha value is -0.640. The summed E-state index contributed by atoms with van der Waals surface area (Å²) in [5.74, 6) is 0.397. The van der Waals surface area contributed by atoms with Crippen LogP contribution in [0, 0.1) is 0 Å². The normalized spacial score (nSPS) is 21.7. The van der Waals surface area contributed by atoms with Gasteiger partial charge in [-0.05, 0) is 71.4 Å².